The number of para-hydroxylation sites is 1. The van der Waals surface area contributed by atoms with Crippen LogP contribution in [0.1, 0.15) is 36.1 Å². The van der Waals surface area contributed by atoms with Gasteiger partial charge in [0.15, 0.2) is 0 Å². The molecule has 0 bridgehead atoms. The van der Waals surface area contributed by atoms with E-state index in [9.17, 15) is 4.79 Å². The Morgan fingerprint density at radius 1 is 1.33 bits per heavy atom. The molecule has 2 heterocycles. The quantitative estimate of drug-likeness (QED) is 0.723. The number of rotatable bonds is 7. The number of H-pyrrole nitrogens is 1. The minimum absolute atomic E-state index is 0.0306. The lowest BCUT2D eigenvalue weighted by atomic mass is 10.2. The van der Waals surface area contributed by atoms with Crippen LogP contribution in [0.5, 0.6) is 0 Å². The van der Waals surface area contributed by atoms with Gasteiger partial charge in [-0.1, -0.05) is 25.1 Å². The van der Waals surface area contributed by atoms with E-state index in [1.807, 2.05) is 49.8 Å². The fourth-order valence-corrected chi connectivity index (χ4v) is 2.98. The van der Waals surface area contributed by atoms with E-state index in [1.165, 1.54) is 0 Å². The van der Waals surface area contributed by atoms with Gasteiger partial charge < -0.3 is 14.5 Å². The van der Waals surface area contributed by atoms with E-state index in [4.69, 9.17) is 0 Å². The predicted octanol–water partition coefficient (Wildman–Crippen LogP) is 3.48. The predicted molar refractivity (Wildman–Crippen MR) is 96.1 cm³/mol. The molecule has 0 aliphatic rings. The number of fused-ring (bicyclic) bond motifs is 1. The lowest BCUT2D eigenvalue weighted by Crippen LogP contribution is -2.28. The van der Waals surface area contributed by atoms with E-state index in [2.05, 4.69) is 21.5 Å². The highest BCUT2D eigenvalue weighted by atomic mass is 16.2. The molecule has 2 aromatic heterocycles. The standard InChI is InChI=1S/C19H24N4O/c1-3-11-23-13-10-20-18(23)9-6-12-22(2)19(24)17-14-15-7-4-5-8-16(15)21-17/h4-5,7-8,10,13-14,21H,3,6,9,11-12H2,1-2H3. The van der Waals surface area contributed by atoms with Crippen LogP contribution < -0.4 is 0 Å². The van der Waals surface area contributed by atoms with Crippen LogP contribution in [0.4, 0.5) is 0 Å². The summed E-state index contributed by atoms with van der Waals surface area (Å²) >= 11 is 0. The van der Waals surface area contributed by atoms with Crippen molar-refractivity contribution in [2.75, 3.05) is 13.6 Å². The first-order valence-electron chi connectivity index (χ1n) is 8.52. The van der Waals surface area contributed by atoms with Crippen LogP contribution in [0.3, 0.4) is 0 Å². The van der Waals surface area contributed by atoms with Gasteiger partial charge in [-0.25, -0.2) is 4.98 Å². The van der Waals surface area contributed by atoms with Gasteiger partial charge in [-0.3, -0.25) is 4.79 Å². The number of carbonyl (C=O) groups is 1. The highest BCUT2D eigenvalue weighted by Crippen LogP contribution is 2.16. The van der Waals surface area contributed by atoms with Crippen molar-refractivity contribution in [2.45, 2.75) is 32.7 Å². The van der Waals surface area contributed by atoms with Crippen molar-refractivity contribution >= 4 is 16.8 Å². The van der Waals surface area contributed by atoms with Gasteiger partial charge in [0, 0.05) is 49.9 Å². The molecule has 0 atom stereocenters. The van der Waals surface area contributed by atoms with E-state index in [0.717, 1.165) is 42.5 Å². The number of imidazole rings is 1. The maximum absolute atomic E-state index is 12.5. The third-order valence-electron chi connectivity index (χ3n) is 4.27. The SMILES string of the molecule is CCCn1ccnc1CCCN(C)C(=O)c1cc2ccccc2[nH]1. The summed E-state index contributed by atoms with van der Waals surface area (Å²) in [5, 5.41) is 1.07. The number of nitrogens with zero attached hydrogens (tertiary/aromatic N) is 3. The zero-order chi connectivity index (χ0) is 16.9. The number of amides is 1. The van der Waals surface area contributed by atoms with Gasteiger partial charge >= 0.3 is 0 Å². The average Bonchev–Trinajstić information content (AvgIpc) is 3.21. The van der Waals surface area contributed by atoms with Crippen molar-refractivity contribution in [1.29, 1.82) is 0 Å². The Bertz CT molecular complexity index is 785. The van der Waals surface area contributed by atoms with Crippen molar-refractivity contribution in [1.82, 2.24) is 19.4 Å². The lowest BCUT2D eigenvalue weighted by Gasteiger charge is -2.16. The lowest BCUT2D eigenvalue weighted by molar-refractivity contribution is 0.0788. The summed E-state index contributed by atoms with van der Waals surface area (Å²) in [7, 11) is 1.85. The molecule has 5 nitrogen and oxygen atoms in total. The maximum atomic E-state index is 12.5. The van der Waals surface area contributed by atoms with Crippen LogP contribution >= 0.6 is 0 Å². The van der Waals surface area contributed by atoms with E-state index in [1.54, 1.807) is 4.90 Å². The number of nitrogens with one attached hydrogen (secondary N) is 1. The molecule has 0 fully saturated rings. The van der Waals surface area contributed by atoms with E-state index in [-0.39, 0.29) is 5.91 Å². The summed E-state index contributed by atoms with van der Waals surface area (Å²) < 4.78 is 2.19. The molecule has 0 spiro atoms. The summed E-state index contributed by atoms with van der Waals surface area (Å²) in [4.78, 5) is 21.9. The Hall–Kier alpha value is -2.56. The van der Waals surface area contributed by atoms with Gasteiger partial charge in [0.05, 0.1) is 0 Å². The number of hydrogen-bond donors (Lipinski definition) is 1. The van der Waals surface area contributed by atoms with Crippen LogP contribution in [0.25, 0.3) is 10.9 Å². The number of aryl methyl sites for hydroxylation is 2. The molecule has 1 aromatic carbocycles. The molecule has 0 unspecified atom stereocenters. The molecule has 0 aliphatic carbocycles. The molecule has 1 N–H and O–H groups in total. The van der Waals surface area contributed by atoms with E-state index < -0.39 is 0 Å². The molecule has 1 amide bonds. The molecule has 0 saturated heterocycles. The third-order valence-corrected chi connectivity index (χ3v) is 4.27. The Morgan fingerprint density at radius 2 is 2.17 bits per heavy atom. The van der Waals surface area contributed by atoms with Gasteiger partial charge in [0.2, 0.25) is 0 Å². The second-order valence-electron chi connectivity index (χ2n) is 6.14. The minimum atomic E-state index is 0.0306. The summed E-state index contributed by atoms with van der Waals surface area (Å²) in [6.45, 7) is 3.88. The van der Waals surface area contributed by atoms with E-state index >= 15 is 0 Å². The second kappa shape index (κ2) is 7.34. The van der Waals surface area contributed by atoms with Gasteiger partial charge in [-0.05, 0) is 25.0 Å². The van der Waals surface area contributed by atoms with Gasteiger partial charge in [0.25, 0.3) is 5.91 Å². The Kier molecular flexibility index (Phi) is 4.99. The van der Waals surface area contributed by atoms with E-state index in [0.29, 0.717) is 12.2 Å². The maximum Gasteiger partial charge on any atom is 0.270 e. The summed E-state index contributed by atoms with van der Waals surface area (Å²) in [5.41, 5.74) is 1.64. The fraction of sp³-hybridized carbons (Fsp3) is 0.368. The van der Waals surface area contributed by atoms with Gasteiger partial charge in [-0.2, -0.15) is 0 Å². The number of aromatic nitrogens is 3. The summed E-state index contributed by atoms with van der Waals surface area (Å²) in [6.07, 6.45) is 6.77. The monoisotopic (exact) mass is 324 g/mol. The molecule has 3 rings (SSSR count). The Balaban J connectivity index is 1.57. The molecule has 0 saturated carbocycles. The highest BCUT2D eigenvalue weighted by molar-refractivity contribution is 5.97. The normalized spacial score (nSPS) is 11.1. The van der Waals surface area contributed by atoms with Crippen molar-refractivity contribution in [3.8, 4) is 0 Å². The molecule has 0 aliphatic heterocycles. The summed E-state index contributed by atoms with van der Waals surface area (Å²) in [5.74, 6) is 1.13. The zero-order valence-electron chi connectivity index (χ0n) is 14.3. The van der Waals surface area contributed by atoms with Crippen molar-refractivity contribution < 1.29 is 4.79 Å². The first kappa shape index (κ1) is 16.3. The molecule has 24 heavy (non-hydrogen) atoms. The van der Waals surface area contributed by atoms with Crippen molar-refractivity contribution in [3.05, 3.63) is 54.2 Å². The molecule has 3 aromatic rings. The molecular formula is C19H24N4O. The number of carbonyl (C=O) groups excluding carboxylic acids is 1. The second-order valence-corrected chi connectivity index (χ2v) is 6.14. The molecule has 126 valence electrons. The van der Waals surface area contributed by atoms with Gasteiger partial charge in [-0.15, -0.1) is 0 Å². The fourth-order valence-electron chi connectivity index (χ4n) is 2.98. The zero-order valence-corrected chi connectivity index (χ0v) is 14.3. The number of hydrogen-bond acceptors (Lipinski definition) is 2. The minimum Gasteiger partial charge on any atom is -0.351 e. The first-order valence-corrected chi connectivity index (χ1v) is 8.52. The van der Waals surface area contributed by atoms with Crippen LogP contribution in [0.15, 0.2) is 42.7 Å². The van der Waals surface area contributed by atoms with Crippen LogP contribution in [0, 0.1) is 0 Å². The van der Waals surface area contributed by atoms with Crippen LogP contribution in [-0.2, 0) is 13.0 Å². The summed E-state index contributed by atoms with van der Waals surface area (Å²) in [6, 6.07) is 9.86. The Labute approximate surface area is 142 Å². The Morgan fingerprint density at radius 3 is 2.96 bits per heavy atom. The van der Waals surface area contributed by atoms with Crippen LogP contribution in [0.2, 0.25) is 0 Å². The highest BCUT2D eigenvalue weighted by Gasteiger charge is 2.14. The number of aromatic amines is 1. The van der Waals surface area contributed by atoms with Crippen LogP contribution in [-0.4, -0.2) is 38.9 Å². The smallest absolute Gasteiger partial charge is 0.270 e. The number of benzene rings is 1. The molecule has 0 radical (unpaired) electrons. The largest absolute Gasteiger partial charge is 0.351 e. The third kappa shape index (κ3) is 3.50. The average molecular weight is 324 g/mol. The first-order chi connectivity index (χ1) is 11.7. The molecular weight excluding hydrogens is 300 g/mol. The van der Waals surface area contributed by atoms with Gasteiger partial charge in [0.1, 0.15) is 11.5 Å². The topological polar surface area (TPSA) is 53.9 Å². The van der Waals surface area contributed by atoms with Crippen molar-refractivity contribution in [3.63, 3.8) is 0 Å². The van der Waals surface area contributed by atoms with Crippen molar-refractivity contribution in [2.24, 2.45) is 0 Å². The molecule has 5 heteroatoms.